The molecule has 4 rings (SSSR count). The lowest BCUT2D eigenvalue weighted by Gasteiger charge is -2.40. The largest absolute Gasteiger partial charge is 0.342 e. The molecule has 0 aromatic heterocycles. The van der Waals surface area contributed by atoms with Crippen molar-refractivity contribution < 1.29 is 19.2 Å². The molecule has 3 aliphatic heterocycles. The second-order valence-corrected chi connectivity index (χ2v) is 9.73. The van der Waals surface area contributed by atoms with Crippen LogP contribution in [0.1, 0.15) is 65.2 Å². The van der Waals surface area contributed by atoms with Crippen LogP contribution in [0.25, 0.3) is 0 Å². The molecule has 1 saturated carbocycles. The topological polar surface area (TPSA) is 90.0 Å². The van der Waals surface area contributed by atoms with Crippen molar-refractivity contribution in [2.24, 2.45) is 11.8 Å². The van der Waals surface area contributed by atoms with Crippen LogP contribution in [-0.4, -0.2) is 76.2 Å². The van der Waals surface area contributed by atoms with Crippen LogP contribution in [0, 0.1) is 11.8 Å². The number of amides is 5. The standard InChI is InChI=1S/C22H34N4O4/c1-15(2)18(27)24-12-9-22(10-13-24)20(29)26(21(30)23-22)17-8-5-11-25(14-17)19(28)16-6-3-4-7-16/h15-17H,3-14H2,1-2H3,(H,23,30). The van der Waals surface area contributed by atoms with Crippen LogP contribution in [0.5, 0.6) is 0 Å². The minimum Gasteiger partial charge on any atom is -0.342 e. The fourth-order valence-electron chi connectivity index (χ4n) is 5.58. The minimum atomic E-state index is -0.900. The summed E-state index contributed by atoms with van der Waals surface area (Å²) >= 11 is 0. The molecule has 1 spiro atoms. The fourth-order valence-corrected chi connectivity index (χ4v) is 5.58. The summed E-state index contributed by atoms with van der Waals surface area (Å²) in [4.78, 5) is 56.4. The number of urea groups is 1. The van der Waals surface area contributed by atoms with E-state index < -0.39 is 5.54 Å². The molecule has 0 aromatic carbocycles. The molecular weight excluding hydrogens is 384 g/mol. The third-order valence-electron chi connectivity index (χ3n) is 7.39. The smallest absolute Gasteiger partial charge is 0.325 e. The van der Waals surface area contributed by atoms with Crippen molar-refractivity contribution in [3.05, 3.63) is 0 Å². The number of carbonyl (C=O) groups is 4. The first-order chi connectivity index (χ1) is 14.3. The number of nitrogens with zero attached hydrogens (tertiary/aromatic N) is 3. The van der Waals surface area contributed by atoms with Crippen molar-refractivity contribution in [3.8, 4) is 0 Å². The van der Waals surface area contributed by atoms with Crippen molar-refractivity contribution in [1.82, 2.24) is 20.0 Å². The molecule has 5 amide bonds. The van der Waals surface area contributed by atoms with Crippen molar-refractivity contribution in [2.75, 3.05) is 26.2 Å². The van der Waals surface area contributed by atoms with Crippen molar-refractivity contribution in [3.63, 3.8) is 0 Å². The molecule has 4 fully saturated rings. The Balaban J connectivity index is 1.41. The van der Waals surface area contributed by atoms with Gasteiger partial charge in [-0.3, -0.25) is 19.3 Å². The van der Waals surface area contributed by atoms with Gasteiger partial charge in [0.15, 0.2) is 0 Å². The van der Waals surface area contributed by atoms with Crippen LogP contribution in [0.2, 0.25) is 0 Å². The van der Waals surface area contributed by atoms with E-state index >= 15 is 0 Å². The van der Waals surface area contributed by atoms with Gasteiger partial charge in [-0.15, -0.1) is 0 Å². The molecule has 166 valence electrons. The number of likely N-dealkylation sites (tertiary alicyclic amines) is 2. The number of hydrogen-bond donors (Lipinski definition) is 1. The van der Waals surface area contributed by atoms with Gasteiger partial charge in [0.1, 0.15) is 5.54 Å². The van der Waals surface area contributed by atoms with Crippen molar-refractivity contribution >= 4 is 23.8 Å². The molecule has 3 saturated heterocycles. The lowest BCUT2D eigenvalue weighted by atomic mass is 9.86. The molecule has 1 unspecified atom stereocenters. The number of piperidine rings is 2. The highest BCUT2D eigenvalue weighted by Crippen LogP contribution is 2.34. The maximum Gasteiger partial charge on any atom is 0.325 e. The first kappa shape index (κ1) is 21.1. The fraction of sp³-hybridized carbons (Fsp3) is 0.818. The summed E-state index contributed by atoms with van der Waals surface area (Å²) in [5.74, 6) is 0.145. The van der Waals surface area contributed by atoms with E-state index in [-0.39, 0.29) is 41.6 Å². The number of carbonyl (C=O) groups excluding carboxylic acids is 4. The van der Waals surface area contributed by atoms with Gasteiger partial charge < -0.3 is 15.1 Å². The first-order valence-electron chi connectivity index (χ1n) is 11.6. The molecule has 0 radical (unpaired) electrons. The Labute approximate surface area is 178 Å². The van der Waals surface area contributed by atoms with Gasteiger partial charge in [-0.2, -0.15) is 0 Å². The Kier molecular flexibility index (Phi) is 5.77. The highest BCUT2D eigenvalue weighted by atomic mass is 16.2. The summed E-state index contributed by atoms with van der Waals surface area (Å²) in [5, 5.41) is 2.95. The predicted molar refractivity (Wildman–Crippen MR) is 110 cm³/mol. The number of imide groups is 1. The Morgan fingerprint density at radius 1 is 0.967 bits per heavy atom. The van der Waals surface area contributed by atoms with Gasteiger partial charge in [0.25, 0.3) is 5.91 Å². The average Bonchev–Trinajstić information content (AvgIpc) is 3.35. The zero-order chi connectivity index (χ0) is 21.5. The van der Waals surface area contributed by atoms with Crippen LogP contribution in [0.3, 0.4) is 0 Å². The second-order valence-electron chi connectivity index (χ2n) is 9.73. The predicted octanol–water partition coefficient (Wildman–Crippen LogP) is 1.74. The van der Waals surface area contributed by atoms with Crippen LogP contribution < -0.4 is 5.32 Å². The van der Waals surface area contributed by atoms with Gasteiger partial charge in [-0.05, 0) is 38.5 Å². The summed E-state index contributed by atoms with van der Waals surface area (Å²) in [7, 11) is 0. The number of nitrogens with one attached hydrogen (secondary N) is 1. The molecule has 30 heavy (non-hydrogen) atoms. The third kappa shape index (κ3) is 3.69. The van der Waals surface area contributed by atoms with Gasteiger partial charge in [-0.25, -0.2) is 4.79 Å². The van der Waals surface area contributed by atoms with Crippen LogP contribution in [0.15, 0.2) is 0 Å². The monoisotopic (exact) mass is 418 g/mol. The molecule has 1 atom stereocenters. The van der Waals surface area contributed by atoms with E-state index in [0.29, 0.717) is 39.0 Å². The summed E-state index contributed by atoms with van der Waals surface area (Å²) in [6.07, 6.45) is 6.58. The van der Waals surface area contributed by atoms with E-state index in [9.17, 15) is 19.2 Å². The Morgan fingerprint density at radius 2 is 1.63 bits per heavy atom. The average molecular weight is 419 g/mol. The number of hydrogen-bond acceptors (Lipinski definition) is 4. The highest BCUT2D eigenvalue weighted by Gasteiger charge is 2.55. The molecule has 0 aromatic rings. The summed E-state index contributed by atoms with van der Waals surface area (Å²) in [6.45, 7) is 5.87. The molecule has 1 aliphatic carbocycles. The van der Waals surface area contributed by atoms with Gasteiger partial charge in [0.2, 0.25) is 11.8 Å². The van der Waals surface area contributed by atoms with Crippen LogP contribution in [-0.2, 0) is 14.4 Å². The molecule has 8 heteroatoms. The molecule has 4 aliphatic rings. The van der Waals surface area contributed by atoms with E-state index in [1.807, 2.05) is 18.7 Å². The zero-order valence-corrected chi connectivity index (χ0v) is 18.2. The van der Waals surface area contributed by atoms with Crippen LogP contribution >= 0.6 is 0 Å². The van der Waals surface area contributed by atoms with Gasteiger partial charge in [0, 0.05) is 38.0 Å². The van der Waals surface area contributed by atoms with E-state index in [1.54, 1.807) is 4.90 Å². The van der Waals surface area contributed by atoms with Gasteiger partial charge in [0.05, 0.1) is 6.04 Å². The molecule has 8 nitrogen and oxygen atoms in total. The third-order valence-corrected chi connectivity index (χ3v) is 7.39. The maximum atomic E-state index is 13.4. The molecule has 3 heterocycles. The van der Waals surface area contributed by atoms with Gasteiger partial charge in [-0.1, -0.05) is 26.7 Å². The summed E-state index contributed by atoms with van der Waals surface area (Å²) in [5.41, 5.74) is -0.900. The Bertz CT molecular complexity index is 723. The quantitative estimate of drug-likeness (QED) is 0.707. The molecular formula is C22H34N4O4. The van der Waals surface area contributed by atoms with E-state index in [1.165, 1.54) is 4.90 Å². The molecule has 1 N–H and O–H groups in total. The zero-order valence-electron chi connectivity index (χ0n) is 18.2. The van der Waals surface area contributed by atoms with Crippen LogP contribution in [0.4, 0.5) is 4.79 Å². The Hall–Kier alpha value is -2.12. The Morgan fingerprint density at radius 3 is 2.27 bits per heavy atom. The summed E-state index contributed by atoms with van der Waals surface area (Å²) < 4.78 is 0. The van der Waals surface area contributed by atoms with E-state index in [0.717, 1.165) is 38.5 Å². The first-order valence-corrected chi connectivity index (χ1v) is 11.6. The lowest BCUT2D eigenvalue weighted by molar-refractivity contribution is -0.143. The summed E-state index contributed by atoms with van der Waals surface area (Å²) in [6, 6.07) is -0.602. The normalized spacial score (nSPS) is 27.3. The minimum absolute atomic E-state index is 0.0740. The van der Waals surface area contributed by atoms with Gasteiger partial charge >= 0.3 is 6.03 Å². The maximum absolute atomic E-state index is 13.4. The lowest BCUT2D eigenvalue weighted by Crippen LogP contribution is -2.57. The van der Waals surface area contributed by atoms with Crippen molar-refractivity contribution in [1.29, 1.82) is 0 Å². The second kappa shape index (κ2) is 8.19. The number of rotatable bonds is 3. The van der Waals surface area contributed by atoms with E-state index in [2.05, 4.69) is 5.32 Å². The van der Waals surface area contributed by atoms with Crippen molar-refractivity contribution in [2.45, 2.75) is 76.8 Å². The highest BCUT2D eigenvalue weighted by molar-refractivity contribution is 6.07. The SMILES string of the molecule is CC(C)C(=O)N1CCC2(CC1)NC(=O)N(C1CCCN(C(=O)C3CCCC3)C1)C2=O. The van der Waals surface area contributed by atoms with E-state index in [4.69, 9.17) is 0 Å². The molecule has 0 bridgehead atoms.